The van der Waals surface area contributed by atoms with Gasteiger partial charge in [0, 0.05) is 0 Å². The molecule has 1 saturated heterocycles. The third kappa shape index (κ3) is 1.81. The van der Waals surface area contributed by atoms with Gasteiger partial charge in [-0.1, -0.05) is 0 Å². The molecule has 2 aliphatic rings. The SMILES string of the molecule is C1=COCC(C2CCNCC2)C1. The zero-order valence-corrected chi connectivity index (χ0v) is 7.46. The molecule has 0 aromatic rings. The molecule has 2 heteroatoms. The minimum absolute atomic E-state index is 0.789. The molecule has 1 unspecified atom stereocenters. The van der Waals surface area contributed by atoms with E-state index < -0.39 is 0 Å². The highest BCUT2D eigenvalue weighted by molar-refractivity contribution is 4.87. The number of nitrogens with one attached hydrogen (secondary N) is 1. The monoisotopic (exact) mass is 167 g/mol. The highest BCUT2D eigenvalue weighted by Gasteiger charge is 2.23. The summed E-state index contributed by atoms with van der Waals surface area (Å²) >= 11 is 0. The lowest BCUT2D eigenvalue weighted by Gasteiger charge is -2.31. The minimum atomic E-state index is 0.789. The van der Waals surface area contributed by atoms with Crippen molar-refractivity contribution in [1.82, 2.24) is 5.32 Å². The van der Waals surface area contributed by atoms with Gasteiger partial charge in [0.15, 0.2) is 0 Å². The maximum Gasteiger partial charge on any atom is 0.0906 e. The van der Waals surface area contributed by atoms with Gasteiger partial charge >= 0.3 is 0 Å². The van der Waals surface area contributed by atoms with E-state index in [4.69, 9.17) is 4.74 Å². The molecular weight excluding hydrogens is 150 g/mol. The van der Waals surface area contributed by atoms with E-state index in [1.807, 2.05) is 6.26 Å². The van der Waals surface area contributed by atoms with Gasteiger partial charge in [0.2, 0.25) is 0 Å². The van der Waals surface area contributed by atoms with Crippen molar-refractivity contribution in [1.29, 1.82) is 0 Å². The molecule has 12 heavy (non-hydrogen) atoms. The molecule has 2 nitrogen and oxygen atoms in total. The fourth-order valence-corrected chi connectivity index (χ4v) is 2.19. The summed E-state index contributed by atoms with van der Waals surface area (Å²) in [5.41, 5.74) is 0. The van der Waals surface area contributed by atoms with Crippen LogP contribution in [0.3, 0.4) is 0 Å². The normalized spacial score (nSPS) is 31.5. The van der Waals surface area contributed by atoms with Gasteiger partial charge in [-0.3, -0.25) is 0 Å². The molecular formula is C10H17NO. The van der Waals surface area contributed by atoms with Gasteiger partial charge in [-0.15, -0.1) is 0 Å². The van der Waals surface area contributed by atoms with Gasteiger partial charge in [0.1, 0.15) is 0 Å². The maximum absolute atomic E-state index is 5.33. The van der Waals surface area contributed by atoms with Crippen LogP contribution in [0.2, 0.25) is 0 Å². The Morgan fingerprint density at radius 2 is 2.00 bits per heavy atom. The number of rotatable bonds is 1. The summed E-state index contributed by atoms with van der Waals surface area (Å²) in [6.45, 7) is 3.34. The fraction of sp³-hybridized carbons (Fsp3) is 0.800. The number of ether oxygens (including phenoxy) is 1. The van der Waals surface area contributed by atoms with Crippen LogP contribution in [-0.2, 0) is 4.74 Å². The highest BCUT2D eigenvalue weighted by atomic mass is 16.5. The zero-order chi connectivity index (χ0) is 8.23. The lowest BCUT2D eigenvalue weighted by Crippen LogP contribution is -2.33. The molecule has 0 radical (unpaired) electrons. The highest BCUT2D eigenvalue weighted by Crippen LogP contribution is 2.27. The Hall–Kier alpha value is -0.500. The molecule has 1 atom stereocenters. The van der Waals surface area contributed by atoms with Gasteiger partial charge < -0.3 is 10.1 Å². The maximum atomic E-state index is 5.33. The van der Waals surface area contributed by atoms with E-state index in [0.29, 0.717) is 0 Å². The first-order chi connectivity index (χ1) is 5.97. The average molecular weight is 167 g/mol. The van der Waals surface area contributed by atoms with Crippen molar-refractivity contribution in [3.8, 4) is 0 Å². The summed E-state index contributed by atoms with van der Waals surface area (Å²) in [7, 11) is 0. The second-order valence-corrected chi connectivity index (χ2v) is 3.79. The zero-order valence-electron chi connectivity index (χ0n) is 7.46. The van der Waals surface area contributed by atoms with Crippen LogP contribution in [0.15, 0.2) is 12.3 Å². The van der Waals surface area contributed by atoms with Crippen LogP contribution in [0.25, 0.3) is 0 Å². The topological polar surface area (TPSA) is 21.3 Å². The predicted molar refractivity (Wildman–Crippen MR) is 48.8 cm³/mol. The van der Waals surface area contributed by atoms with Crippen LogP contribution in [0.5, 0.6) is 0 Å². The van der Waals surface area contributed by atoms with E-state index in [9.17, 15) is 0 Å². The van der Waals surface area contributed by atoms with E-state index in [1.165, 1.54) is 32.4 Å². The first-order valence-corrected chi connectivity index (χ1v) is 4.94. The standard InChI is InChI=1S/C10H17NO/c1-2-10(8-12-7-1)9-3-5-11-6-4-9/h1,7,9-11H,2-6,8H2. The molecule has 68 valence electrons. The minimum Gasteiger partial charge on any atom is -0.501 e. The molecule has 1 N–H and O–H groups in total. The van der Waals surface area contributed by atoms with Crippen molar-refractivity contribution >= 4 is 0 Å². The average Bonchev–Trinajstić information content (AvgIpc) is 2.21. The second-order valence-electron chi connectivity index (χ2n) is 3.79. The van der Waals surface area contributed by atoms with E-state index in [2.05, 4.69) is 11.4 Å². The van der Waals surface area contributed by atoms with Crippen LogP contribution < -0.4 is 5.32 Å². The smallest absolute Gasteiger partial charge is 0.0906 e. The van der Waals surface area contributed by atoms with Crippen LogP contribution in [0.4, 0.5) is 0 Å². The molecule has 0 saturated carbocycles. The molecule has 2 aliphatic heterocycles. The van der Waals surface area contributed by atoms with Crippen molar-refractivity contribution in [2.75, 3.05) is 19.7 Å². The predicted octanol–water partition coefficient (Wildman–Crippen LogP) is 1.54. The van der Waals surface area contributed by atoms with Crippen LogP contribution in [0, 0.1) is 11.8 Å². The van der Waals surface area contributed by atoms with E-state index >= 15 is 0 Å². The van der Waals surface area contributed by atoms with E-state index in [1.54, 1.807) is 0 Å². The quantitative estimate of drug-likeness (QED) is 0.639. The molecule has 0 bridgehead atoms. The third-order valence-corrected chi connectivity index (χ3v) is 2.99. The second kappa shape index (κ2) is 3.94. The van der Waals surface area contributed by atoms with Crippen molar-refractivity contribution in [2.24, 2.45) is 11.8 Å². The molecule has 0 amide bonds. The lowest BCUT2D eigenvalue weighted by molar-refractivity contribution is 0.121. The Labute approximate surface area is 74.0 Å². The number of hydrogen-bond donors (Lipinski definition) is 1. The first kappa shape index (κ1) is 8.11. The number of allylic oxidation sites excluding steroid dienone is 1. The molecule has 0 spiro atoms. The van der Waals surface area contributed by atoms with Gasteiger partial charge in [-0.25, -0.2) is 0 Å². The summed E-state index contributed by atoms with van der Waals surface area (Å²) < 4.78 is 5.33. The van der Waals surface area contributed by atoms with Gasteiger partial charge in [-0.05, 0) is 50.3 Å². The van der Waals surface area contributed by atoms with Crippen LogP contribution >= 0.6 is 0 Å². The first-order valence-electron chi connectivity index (χ1n) is 4.94. The molecule has 0 aromatic carbocycles. The molecule has 0 aliphatic carbocycles. The molecule has 1 fully saturated rings. The molecule has 0 aromatic heterocycles. The Kier molecular flexibility index (Phi) is 2.67. The molecule has 2 rings (SSSR count). The van der Waals surface area contributed by atoms with Crippen LogP contribution in [-0.4, -0.2) is 19.7 Å². The fourth-order valence-electron chi connectivity index (χ4n) is 2.19. The molecule has 2 heterocycles. The Morgan fingerprint density at radius 1 is 1.17 bits per heavy atom. The Bertz CT molecular complexity index is 161. The van der Waals surface area contributed by atoms with Crippen molar-refractivity contribution in [3.05, 3.63) is 12.3 Å². The summed E-state index contributed by atoms with van der Waals surface area (Å²) in [5.74, 6) is 1.69. The number of hydrogen-bond acceptors (Lipinski definition) is 2. The number of piperidine rings is 1. The Morgan fingerprint density at radius 3 is 2.67 bits per heavy atom. The van der Waals surface area contributed by atoms with E-state index in [0.717, 1.165) is 18.4 Å². The van der Waals surface area contributed by atoms with E-state index in [-0.39, 0.29) is 0 Å². The van der Waals surface area contributed by atoms with Gasteiger partial charge in [0.05, 0.1) is 12.9 Å². The van der Waals surface area contributed by atoms with Gasteiger partial charge in [-0.2, -0.15) is 0 Å². The lowest BCUT2D eigenvalue weighted by atomic mass is 9.83. The van der Waals surface area contributed by atoms with Crippen molar-refractivity contribution in [3.63, 3.8) is 0 Å². The third-order valence-electron chi connectivity index (χ3n) is 2.99. The summed E-state index contributed by atoms with van der Waals surface area (Å²) in [6, 6.07) is 0. The summed E-state index contributed by atoms with van der Waals surface area (Å²) in [6.07, 6.45) is 7.90. The Balaban J connectivity index is 1.85. The van der Waals surface area contributed by atoms with Crippen LogP contribution in [0.1, 0.15) is 19.3 Å². The van der Waals surface area contributed by atoms with Gasteiger partial charge in [0.25, 0.3) is 0 Å². The van der Waals surface area contributed by atoms with Crippen molar-refractivity contribution in [2.45, 2.75) is 19.3 Å². The summed E-state index contributed by atoms with van der Waals surface area (Å²) in [5, 5.41) is 3.39. The largest absolute Gasteiger partial charge is 0.501 e. The van der Waals surface area contributed by atoms with Crippen molar-refractivity contribution < 1.29 is 4.74 Å². The summed E-state index contributed by atoms with van der Waals surface area (Å²) in [4.78, 5) is 0.